The number of rotatable bonds is 2. The molecular weight excluding hydrogens is 248 g/mol. The van der Waals surface area contributed by atoms with Gasteiger partial charge < -0.3 is 5.32 Å². The first-order valence-electron chi connectivity index (χ1n) is 6.46. The summed E-state index contributed by atoms with van der Waals surface area (Å²) >= 11 is 0. The van der Waals surface area contributed by atoms with Gasteiger partial charge in [-0.3, -0.25) is 4.79 Å². The fraction of sp³-hybridized carbons (Fsp3) is 0.0588. The number of fused-ring (bicyclic) bond motifs is 1. The Labute approximate surface area is 117 Å². The van der Waals surface area contributed by atoms with Crippen LogP contribution in [-0.4, -0.2) is 10.9 Å². The van der Waals surface area contributed by atoms with Gasteiger partial charge in [-0.2, -0.15) is 0 Å². The van der Waals surface area contributed by atoms with Gasteiger partial charge in [0.1, 0.15) is 5.69 Å². The van der Waals surface area contributed by atoms with Crippen LogP contribution in [0.5, 0.6) is 0 Å². The molecule has 0 bridgehead atoms. The summed E-state index contributed by atoms with van der Waals surface area (Å²) in [7, 11) is 0. The van der Waals surface area contributed by atoms with Crippen molar-refractivity contribution in [3.05, 3.63) is 71.9 Å². The molecule has 3 rings (SSSR count). The molecule has 0 atom stereocenters. The lowest BCUT2D eigenvalue weighted by Gasteiger charge is -2.05. The Morgan fingerprint density at radius 1 is 1.00 bits per heavy atom. The van der Waals surface area contributed by atoms with E-state index in [0.29, 0.717) is 5.69 Å². The number of amides is 1. The maximum absolute atomic E-state index is 12.2. The number of hydrogen-bond acceptors (Lipinski definition) is 2. The van der Waals surface area contributed by atoms with Gasteiger partial charge in [0.05, 0.1) is 5.52 Å². The van der Waals surface area contributed by atoms with Gasteiger partial charge in [-0.05, 0) is 36.8 Å². The van der Waals surface area contributed by atoms with Crippen molar-refractivity contribution in [1.29, 1.82) is 0 Å². The second-order valence-electron chi connectivity index (χ2n) is 4.71. The van der Waals surface area contributed by atoms with E-state index in [9.17, 15) is 4.79 Å². The third-order valence-electron chi connectivity index (χ3n) is 3.11. The number of carbonyl (C=O) groups is 1. The Hall–Kier alpha value is -2.68. The quantitative estimate of drug-likeness (QED) is 0.763. The lowest BCUT2D eigenvalue weighted by molar-refractivity contribution is 0.102. The first-order valence-corrected chi connectivity index (χ1v) is 6.46. The number of nitrogens with one attached hydrogen (secondary N) is 1. The summed E-state index contributed by atoms with van der Waals surface area (Å²) in [6.45, 7) is 2.01. The number of aryl methyl sites for hydroxylation is 1. The minimum atomic E-state index is -0.195. The molecule has 1 heterocycles. The smallest absolute Gasteiger partial charge is 0.274 e. The first kappa shape index (κ1) is 12.4. The fourth-order valence-corrected chi connectivity index (χ4v) is 2.07. The number of pyridine rings is 1. The van der Waals surface area contributed by atoms with Crippen LogP contribution in [-0.2, 0) is 0 Å². The highest BCUT2D eigenvalue weighted by molar-refractivity contribution is 6.04. The molecular formula is C17H14N2O. The van der Waals surface area contributed by atoms with Gasteiger partial charge in [-0.15, -0.1) is 0 Å². The molecule has 0 radical (unpaired) electrons. The molecule has 0 aliphatic heterocycles. The fourth-order valence-electron chi connectivity index (χ4n) is 2.07. The topological polar surface area (TPSA) is 42.0 Å². The van der Waals surface area contributed by atoms with Crippen molar-refractivity contribution in [2.24, 2.45) is 0 Å². The van der Waals surface area contributed by atoms with Crippen LogP contribution in [0.1, 0.15) is 16.1 Å². The van der Waals surface area contributed by atoms with E-state index in [0.717, 1.165) is 22.2 Å². The molecule has 2 aromatic carbocycles. The Bertz CT molecular complexity index is 766. The standard InChI is InChI=1S/C17H14N2O/c1-12-7-8-13-9-10-15(19-16(13)11-12)17(20)18-14-5-3-2-4-6-14/h2-11H,1H3,(H,18,20). The van der Waals surface area contributed by atoms with Gasteiger partial charge in [0, 0.05) is 11.1 Å². The van der Waals surface area contributed by atoms with Crippen LogP contribution < -0.4 is 5.32 Å². The molecule has 20 heavy (non-hydrogen) atoms. The molecule has 1 N–H and O–H groups in total. The first-order chi connectivity index (χ1) is 9.72. The van der Waals surface area contributed by atoms with Gasteiger partial charge in [0.15, 0.2) is 0 Å². The van der Waals surface area contributed by atoms with E-state index >= 15 is 0 Å². The second-order valence-corrected chi connectivity index (χ2v) is 4.71. The highest BCUT2D eigenvalue weighted by Crippen LogP contribution is 2.15. The number of carbonyl (C=O) groups excluding carboxylic acids is 1. The van der Waals surface area contributed by atoms with Crippen molar-refractivity contribution < 1.29 is 4.79 Å². The maximum Gasteiger partial charge on any atom is 0.274 e. The van der Waals surface area contributed by atoms with Crippen LogP contribution in [0.15, 0.2) is 60.7 Å². The molecule has 1 aromatic heterocycles. The monoisotopic (exact) mass is 262 g/mol. The van der Waals surface area contributed by atoms with Gasteiger partial charge in [-0.1, -0.05) is 36.4 Å². The highest BCUT2D eigenvalue weighted by Gasteiger charge is 2.08. The summed E-state index contributed by atoms with van der Waals surface area (Å²) in [5.41, 5.74) is 3.16. The third kappa shape index (κ3) is 2.52. The summed E-state index contributed by atoms with van der Waals surface area (Å²) in [5.74, 6) is -0.195. The minimum absolute atomic E-state index is 0.195. The Kier molecular flexibility index (Phi) is 3.17. The molecule has 1 amide bonds. The molecule has 0 saturated heterocycles. The van der Waals surface area contributed by atoms with Crippen molar-refractivity contribution in [2.45, 2.75) is 6.92 Å². The van der Waals surface area contributed by atoms with Gasteiger partial charge in [0.2, 0.25) is 0 Å². The molecule has 0 fully saturated rings. The van der Waals surface area contributed by atoms with Crippen molar-refractivity contribution in [2.75, 3.05) is 5.32 Å². The maximum atomic E-state index is 12.2. The molecule has 0 aliphatic rings. The lowest BCUT2D eigenvalue weighted by atomic mass is 10.1. The summed E-state index contributed by atoms with van der Waals surface area (Å²) in [4.78, 5) is 16.6. The average Bonchev–Trinajstić information content (AvgIpc) is 2.47. The largest absolute Gasteiger partial charge is 0.321 e. The molecule has 0 unspecified atom stereocenters. The number of aromatic nitrogens is 1. The predicted molar refractivity (Wildman–Crippen MR) is 80.9 cm³/mol. The zero-order chi connectivity index (χ0) is 13.9. The summed E-state index contributed by atoms with van der Waals surface area (Å²) in [5, 5.41) is 3.87. The molecule has 3 aromatic rings. The molecule has 0 spiro atoms. The average molecular weight is 262 g/mol. The van der Waals surface area contributed by atoms with Crippen molar-refractivity contribution >= 4 is 22.5 Å². The third-order valence-corrected chi connectivity index (χ3v) is 3.11. The van der Waals surface area contributed by atoms with Crippen LogP contribution in [0.2, 0.25) is 0 Å². The Morgan fingerprint density at radius 2 is 1.75 bits per heavy atom. The molecule has 3 nitrogen and oxygen atoms in total. The second kappa shape index (κ2) is 5.13. The van der Waals surface area contributed by atoms with E-state index < -0.39 is 0 Å². The Morgan fingerprint density at radius 3 is 2.55 bits per heavy atom. The Balaban J connectivity index is 1.91. The zero-order valence-electron chi connectivity index (χ0n) is 11.1. The van der Waals surface area contributed by atoms with Crippen molar-refractivity contribution in [3.63, 3.8) is 0 Å². The molecule has 98 valence electrons. The van der Waals surface area contributed by atoms with E-state index in [2.05, 4.69) is 10.3 Å². The van der Waals surface area contributed by atoms with Gasteiger partial charge in [-0.25, -0.2) is 4.98 Å². The number of anilines is 1. The molecule has 0 aliphatic carbocycles. The van der Waals surface area contributed by atoms with Gasteiger partial charge >= 0.3 is 0 Å². The number of benzene rings is 2. The van der Waals surface area contributed by atoms with E-state index in [-0.39, 0.29) is 5.91 Å². The highest BCUT2D eigenvalue weighted by atomic mass is 16.1. The van der Waals surface area contributed by atoms with E-state index in [1.807, 2.05) is 61.5 Å². The SMILES string of the molecule is Cc1ccc2ccc(C(=O)Nc3ccccc3)nc2c1. The number of hydrogen-bond donors (Lipinski definition) is 1. The van der Waals surface area contributed by atoms with Crippen LogP contribution >= 0.6 is 0 Å². The number of para-hydroxylation sites is 1. The van der Waals surface area contributed by atoms with Crippen LogP contribution in [0.3, 0.4) is 0 Å². The van der Waals surface area contributed by atoms with Crippen molar-refractivity contribution in [3.8, 4) is 0 Å². The van der Waals surface area contributed by atoms with Crippen LogP contribution in [0.25, 0.3) is 10.9 Å². The van der Waals surface area contributed by atoms with Crippen molar-refractivity contribution in [1.82, 2.24) is 4.98 Å². The van der Waals surface area contributed by atoms with Gasteiger partial charge in [0.25, 0.3) is 5.91 Å². The van der Waals surface area contributed by atoms with E-state index in [1.54, 1.807) is 6.07 Å². The molecule has 0 saturated carbocycles. The lowest BCUT2D eigenvalue weighted by Crippen LogP contribution is -2.13. The molecule has 3 heteroatoms. The van der Waals surface area contributed by atoms with E-state index in [1.165, 1.54) is 0 Å². The van der Waals surface area contributed by atoms with Crippen LogP contribution in [0, 0.1) is 6.92 Å². The summed E-state index contributed by atoms with van der Waals surface area (Å²) < 4.78 is 0. The van der Waals surface area contributed by atoms with E-state index in [4.69, 9.17) is 0 Å². The minimum Gasteiger partial charge on any atom is -0.321 e. The normalized spacial score (nSPS) is 10.4. The van der Waals surface area contributed by atoms with Crippen LogP contribution in [0.4, 0.5) is 5.69 Å². The number of nitrogens with zero attached hydrogens (tertiary/aromatic N) is 1. The summed E-state index contributed by atoms with van der Waals surface area (Å²) in [6.07, 6.45) is 0. The zero-order valence-corrected chi connectivity index (χ0v) is 11.1. The predicted octanol–water partition coefficient (Wildman–Crippen LogP) is 3.80. The summed E-state index contributed by atoms with van der Waals surface area (Å²) in [6, 6.07) is 19.1.